The Kier molecular flexibility index (Phi) is 5.03. The Labute approximate surface area is 151 Å². The molecule has 2 aliphatic rings. The van der Waals surface area contributed by atoms with Gasteiger partial charge in [-0.3, -0.25) is 10.2 Å². The molecule has 0 atom stereocenters. The zero-order valence-corrected chi connectivity index (χ0v) is 15.3. The molecule has 3 rings (SSSR count). The van der Waals surface area contributed by atoms with Gasteiger partial charge in [-0.1, -0.05) is 26.0 Å². The number of benzene rings is 1. The van der Waals surface area contributed by atoms with E-state index in [1.165, 1.54) is 16.8 Å². The van der Waals surface area contributed by atoms with Crippen LogP contribution in [-0.2, 0) is 4.79 Å². The summed E-state index contributed by atoms with van der Waals surface area (Å²) in [5.41, 5.74) is 1.05. The van der Waals surface area contributed by atoms with Gasteiger partial charge in [0, 0.05) is 5.92 Å². The molecule has 2 heterocycles. The molecule has 0 saturated heterocycles. The summed E-state index contributed by atoms with van der Waals surface area (Å²) in [4.78, 5) is 16.5. The monoisotopic (exact) mass is 356 g/mol. The van der Waals surface area contributed by atoms with E-state index >= 15 is 0 Å². The summed E-state index contributed by atoms with van der Waals surface area (Å²) in [6.45, 7) is 4.23. The molecule has 0 radical (unpaired) electrons. The number of amides is 1. The Hall–Kier alpha value is -2.41. The highest BCUT2D eigenvalue weighted by Crippen LogP contribution is 2.32. The SMILES string of the molecule is CCC(CC)C1=NN2C(=N)C(=Cc3ccc(OC)cc3)C(=O)N=C2S1. The van der Waals surface area contributed by atoms with Gasteiger partial charge < -0.3 is 4.74 Å². The van der Waals surface area contributed by atoms with Crippen molar-refractivity contribution in [2.24, 2.45) is 16.0 Å². The molecule has 2 aliphatic heterocycles. The quantitative estimate of drug-likeness (QED) is 0.815. The Morgan fingerprint density at radius 1 is 1.28 bits per heavy atom. The number of ether oxygens (including phenoxy) is 1. The van der Waals surface area contributed by atoms with E-state index in [-0.39, 0.29) is 11.4 Å². The first kappa shape index (κ1) is 17.4. The van der Waals surface area contributed by atoms with Crippen LogP contribution in [0.3, 0.4) is 0 Å². The second-order valence-corrected chi connectivity index (χ2v) is 6.73. The zero-order chi connectivity index (χ0) is 18.0. The number of nitrogens with one attached hydrogen (secondary N) is 1. The zero-order valence-electron chi connectivity index (χ0n) is 14.4. The minimum atomic E-state index is -0.402. The van der Waals surface area contributed by atoms with E-state index in [2.05, 4.69) is 23.9 Å². The van der Waals surface area contributed by atoms with Crippen LogP contribution in [0, 0.1) is 11.3 Å². The van der Waals surface area contributed by atoms with Gasteiger partial charge in [0.25, 0.3) is 5.91 Å². The van der Waals surface area contributed by atoms with Gasteiger partial charge in [0.15, 0.2) is 5.84 Å². The lowest BCUT2D eigenvalue weighted by Crippen LogP contribution is -2.35. The third kappa shape index (κ3) is 3.37. The third-order valence-electron chi connectivity index (χ3n) is 4.23. The van der Waals surface area contributed by atoms with Crippen LogP contribution in [0.5, 0.6) is 5.75 Å². The Morgan fingerprint density at radius 2 is 1.96 bits per heavy atom. The summed E-state index contributed by atoms with van der Waals surface area (Å²) in [5, 5.41) is 15.8. The lowest BCUT2D eigenvalue weighted by Gasteiger charge is -2.20. The number of rotatable bonds is 5. The maximum Gasteiger partial charge on any atom is 0.283 e. The highest BCUT2D eigenvalue weighted by molar-refractivity contribution is 8.27. The molecule has 0 saturated carbocycles. The Morgan fingerprint density at radius 3 is 2.56 bits per heavy atom. The molecule has 0 unspecified atom stereocenters. The van der Waals surface area contributed by atoms with E-state index in [1.54, 1.807) is 13.2 Å². The number of fused-ring (bicyclic) bond motifs is 1. The van der Waals surface area contributed by atoms with Crippen molar-refractivity contribution in [1.29, 1.82) is 5.41 Å². The second-order valence-electron chi connectivity index (χ2n) is 5.74. The molecule has 7 heteroatoms. The first-order valence-corrected chi connectivity index (χ1v) is 9.03. The molecule has 0 bridgehead atoms. The fourth-order valence-corrected chi connectivity index (χ4v) is 3.83. The molecular weight excluding hydrogens is 336 g/mol. The number of carbonyl (C=O) groups excluding carboxylic acids is 1. The number of hydrogen-bond acceptors (Lipinski definition) is 5. The number of aliphatic imine (C=N–C) groups is 1. The number of carbonyl (C=O) groups is 1. The first-order chi connectivity index (χ1) is 12.1. The summed E-state index contributed by atoms with van der Waals surface area (Å²) in [5.74, 6) is 0.734. The van der Waals surface area contributed by atoms with Crippen LogP contribution in [-0.4, -0.2) is 34.1 Å². The van der Waals surface area contributed by atoms with Gasteiger partial charge >= 0.3 is 0 Å². The van der Waals surface area contributed by atoms with Gasteiger partial charge in [0.05, 0.1) is 12.7 Å². The van der Waals surface area contributed by atoms with Gasteiger partial charge in [-0.15, -0.1) is 0 Å². The third-order valence-corrected chi connectivity index (χ3v) is 5.30. The van der Waals surface area contributed by atoms with Crippen molar-refractivity contribution in [2.75, 3.05) is 7.11 Å². The molecule has 0 fully saturated rings. The predicted molar refractivity (Wildman–Crippen MR) is 102 cm³/mol. The van der Waals surface area contributed by atoms with E-state index in [0.29, 0.717) is 11.1 Å². The van der Waals surface area contributed by atoms with Gasteiger partial charge in [-0.25, -0.2) is 0 Å². The van der Waals surface area contributed by atoms with E-state index in [1.807, 2.05) is 24.3 Å². The fraction of sp³-hybridized carbons (Fsp3) is 0.333. The van der Waals surface area contributed by atoms with Crippen molar-refractivity contribution in [1.82, 2.24) is 5.01 Å². The molecule has 1 amide bonds. The normalized spacial score (nSPS) is 18.6. The number of hydrazone groups is 1. The summed E-state index contributed by atoms with van der Waals surface area (Å²) < 4.78 is 5.13. The average Bonchev–Trinajstić information content (AvgIpc) is 3.04. The smallest absolute Gasteiger partial charge is 0.283 e. The van der Waals surface area contributed by atoms with Gasteiger partial charge in [-0.2, -0.15) is 15.1 Å². The Balaban J connectivity index is 1.90. The molecule has 1 aromatic carbocycles. The fourth-order valence-electron chi connectivity index (χ4n) is 2.68. The highest BCUT2D eigenvalue weighted by atomic mass is 32.2. The van der Waals surface area contributed by atoms with Crippen molar-refractivity contribution in [2.45, 2.75) is 26.7 Å². The minimum absolute atomic E-state index is 0.0688. The van der Waals surface area contributed by atoms with Gasteiger partial charge in [-0.05, 0) is 48.4 Å². The van der Waals surface area contributed by atoms with E-state index in [0.717, 1.165) is 29.2 Å². The van der Waals surface area contributed by atoms with E-state index in [9.17, 15) is 4.79 Å². The maximum absolute atomic E-state index is 12.4. The van der Waals surface area contributed by atoms with Crippen molar-refractivity contribution in [3.8, 4) is 5.75 Å². The van der Waals surface area contributed by atoms with Crippen LogP contribution in [0.1, 0.15) is 32.3 Å². The van der Waals surface area contributed by atoms with Crippen molar-refractivity contribution < 1.29 is 9.53 Å². The molecular formula is C18H20N4O2S. The standard InChI is InChI=1S/C18H20N4O2S/c1-4-12(5-2)17-21-22-15(19)14(16(23)20-18(22)25-17)10-11-6-8-13(24-3)9-7-11/h6-10,12,19H,4-5H2,1-3H3. The van der Waals surface area contributed by atoms with Crippen LogP contribution in [0.25, 0.3) is 6.08 Å². The molecule has 0 aliphatic carbocycles. The molecule has 0 spiro atoms. The number of nitrogens with zero attached hydrogens (tertiary/aromatic N) is 3. The van der Waals surface area contributed by atoms with Crippen LogP contribution < -0.4 is 4.74 Å². The average molecular weight is 356 g/mol. The maximum atomic E-state index is 12.4. The molecule has 1 aromatic rings. The number of methoxy groups -OCH3 is 1. The topological polar surface area (TPSA) is 78.1 Å². The lowest BCUT2D eigenvalue weighted by atomic mass is 10.1. The van der Waals surface area contributed by atoms with Crippen LogP contribution in [0.15, 0.2) is 39.9 Å². The van der Waals surface area contributed by atoms with Gasteiger partial charge in [0.2, 0.25) is 5.17 Å². The summed E-state index contributed by atoms with van der Waals surface area (Å²) in [7, 11) is 1.60. The molecule has 130 valence electrons. The van der Waals surface area contributed by atoms with Crippen molar-refractivity contribution in [3.05, 3.63) is 35.4 Å². The van der Waals surface area contributed by atoms with Crippen LogP contribution in [0.4, 0.5) is 0 Å². The first-order valence-electron chi connectivity index (χ1n) is 8.21. The summed E-state index contributed by atoms with van der Waals surface area (Å²) in [6.07, 6.45) is 3.61. The predicted octanol–water partition coefficient (Wildman–Crippen LogP) is 3.75. The van der Waals surface area contributed by atoms with Crippen LogP contribution in [0.2, 0.25) is 0 Å². The lowest BCUT2D eigenvalue weighted by molar-refractivity contribution is -0.114. The second kappa shape index (κ2) is 7.23. The molecule has 25 heavy (non-hydrogen) atoms. The van der Waals surface area contributed by atoms with Crippen LogP contribution >= 0.6 is 11.8 Å². The van der Waals surface area contributed by atoms with E-state index in [4.69, 9.17) is 10.1 Å². The number of amidine groups is 2. The molecule has 1 N–H and O–H groups in total. The Bertz CT molecular complexity index is 792. The summed E-state index contributed by atoms with van der Waals surface area (Å²) in [6, 6.07) is 7.30. The number of hydrogen-bond donors (Lipinski definition) is 1. The van der Waals surface area contributed by atoms with Crippen molar-refractivity contribution in [3.63, 3.8) is 0 Å². The summed E-state index contributed by atoms with van der Waals surface area (Å²) >= 11 is 1.39. The largest absolute Gasteiger partial charge is 0.497 e. The minimum Gasteiger partial charge on any atom is -0.497 e. The molecule has 6 nitrogen and oxygen atoms in total. The van der Waals surface area contributed by atoms with Gasteiger partial charge in [0.1, 0.15) is 10.8 Å². The molecule has 0 aromatic heterocycles. The highest BCUT2D eigenvalue weighted by Gasteiger charge is 2.37. The van der Waals surface area contributed by atoms with E-state index < -0.39 is 5.91 Å². The number of thioether (sulfide) groups is 1. The van der Waals surface area contributed by atoms with Crippen molar-refractivity contribution >= 4 is 39.8 Å².